The SMILES string of the molecule is Cc1ccc(CCC2CCN(C(=O)CCn3cc([N+](=O)[O-])nc3C)CC2)cc1. The molecule has 7 nitrogen and oxygen atoms in total. The Labute approximate surface area is 165 Å². The van der Waals surface area contributed by atoms with Gasteiger partial charge in [0.25, 0.3) is 0 Å². The molecule has 1 aliphatic heterocycles. The lowest BCUT2D eigenvalue weighted by atomic mass is 9.90. The zero-order chi connectivity index (χ0) is 20.1. The van der Waals surface area contributed by atoms with Crippen molar-refractivity contribution < 1.29 is 9.72 Å². The predicted octanol–water partition coefficient (Wildman–Crippen LogP) is 3.67. The second-order valence-electron chi connectivity index (χ2n) is 7.70. The van der Waals surface area contributed by atoms with E-state index >= 15 is 0 Å². The number of aromatic nitrogens is 2. The van der Waals surface area contributed by atoms with Crippen molar-refractivity contribution in [3.05, 3.63) is 57.5 Å². The fourth-order valence-electron chi connectivity index (χ4n) is 3.78. The van der Waals surface area contributed by atoms with Crippen molar-refractivity contribution in [1.82, 2.24) is 14.5 Å². The Bertz CT molecular complexity index is 821. The Morgan fingerprint density at radius 3 is 2.50 bits per heavy atom. The molecule has 7 heteroatoms. The van der Waals surface area contributed by atoms with Crippen LogP contribution in [-0.2, 0) is 17.8 Å². The molecular formula is C21H28N4O3. The lowest BCUT2D eigenvalue weighted by Gasteiger charge is -2.32. The van der Waals surface area contributed by atoms with Gasteiger partial charge in [0.05, 0.1) is 0 Å². The molecule has 1 amide bonds. The van der Waals surface area contributed by atoms with Gasteiger partial charge in [-0.3, -0.25) is 4.79 Å². The van der Waals surface area contributed by atoms with Gasteiger partial charge in [-0.05, 0) is 54.0 Å². The largest absolute Gasteiger partial charge is 0.381 e. The third-order valence-electron chi connectivity index (χ3n) is 5.65. The van der Waals surface area contributed by atoms with Crippen LogP contribution in [0.15, 0.2) is 30.5 Å². The zero-order valence-electron chi connectivity index (χ0n) is 16.6. The molecule has 3 rings (SSSR count). The minimum atomic E-state index is -0.507. The number of nitro groups is 1. The molecule has 1 aromatic heterocycles. The summed E-state index contributed by atoms with van der Waals surface area (Å²) < 4.78 is 1.68. The minimum Gasteiger partial charge on any atom is -0.358 e. The molecule has 1 saturated heterocycles. The van der Waals surface area contributed by atoms with Crippen LogP contribution in [0.2, 0.25) is 0 Å². The van der Waals surface area contributed by atoms with Gasteiger partial charge < -0.3 is 19.6 Å². The van der Waals surface area contributed by atoms with Crippen molar-refractivity contribution in [2.75, 3.05) is 13.1 Å². The Morgan fingerprint density at radius 2 is 1.89 bits per heavy atom. The van der Waals surface area contributed by atoms with Crippen LogP contribution in [0.3, 0.4) is 0 Å². The van der Waals surface area contributed by atoms with Crippen molar-refractivity contribution in [2.24, 2.45) is 5.92 Å². The molecule has 0 spiro atoms. The number of hydrogen-bond donors (Lipinski definition) is 0. The van der Waals surface area contributed by atoms with E-state index in [1.807, 2.05) is 4.90 Å². The van der Waals surface area contributed by atoms with Crippen LogP contribution in [0.5, 0.6) is 0 Å². The number of hydrogen-bond acceptors (Lipinski definition) is 4. The number of aryl methyl sites for hydroxylation is 4. The summed E-state index contributed by atoms with van der Waals surface area (Å²) in [4.78, 5) is 28.6. The van der Waals surface area contributed by atoms with Crippen LogP contribution < -0.4 is 0 Å². The quantitative estimate of drug-likeness (QED) is 0.539. The summed E-state index contributed by atoms with van der Waals surface area (Å²) in [7, 11) is 0. The Morgan fingerprint density at radius 1 is 1.21 bits per heavy atom. The average molecular weight is 384 g/mol. The third kappa shape index (κ3) is 5.18. The summed E-state index contributed by atoms with van der Waals surface area (Å²) in [5, 5.41) is 10.8. The first-order valence-electron chi connectivity index (χ1n) is 9.94. The number of likely N-dealkylation sites (tertiary alicyclic amines) is 1. The Kier molecular flexibility index (Phi) is 6.44. The van der Waals surface area contributed by atoms with Crippen molar-refractivity contribution in [2.45, 2.75) is 52.5 Å². The first kappa shape index (κ1) is 20.0. The second-order valence-corrected chi connectivity index (χ2v) is 7.70. The van der Waals surface area contributed by atoms with Crippen molar-refractivity contribution in [1.29, 1.82) is 0 Å². The smallest absolute Gasteiger partial charge is 0.358 e. The number of rotatable bonds is 7. The van der Waals surface area contributed by atoms with Gasteiger partial charge in [-0.1, -0.05) is 29.8 Å². The van der Waals surface area contributed by atoms with Crippen LogP contribution in [0, 0.1) is 29.9 Å². The highest BCUT2D eigenvalue weighted by atomic mass is 16.6. The van der Waals surface area contributed by atoms with Crippen LogP contribution >= 0.6 is 0 Å². The molecule has 0 N–H and O–H groups in total. The van der Waals surface area contributed by atoms with E-state index in [9.17, 15) is 14.9 Å². The highest BCUT2D eigenvalue weighted by Crippen LogP contribution is 2.23. The highest BCUT2D eigenvalue weighted by Gasteiger charge is 2.23. The molecule has 0 saturated carbocycles. The van der Waals surface area contributed by atoms with Crippen molar-refractivity contribution in [3.63, 3.8) is 0 Å². The van der Waals surface area contributed by atoms with Crippen LogP contribution in [-0.4, -0.2) is 38.4 Å². The fourth-order valence-corrected chi connectivity index (χ4v) is 3.78. The first-order chi connectivity index (χ1) is 13.4. The molecule has 1 aromatic carbocycles. The Hall–Kier alpha value is -2.70. The maximum Gasteiger partial charge on any atom is 0.381 e. The summed E-state index contributed by atoms with van der Waals surface area (Å²) in [5.41, 5.74) is 2.67. The van der Waals surface area contributed by atoms with E-state index in [0.29, 0.717) is 24.7 Å². The van der Waals surface area contributed by atoms with E-state index < -0.39 is 4.92 Å². The van der Waals surface area contributed by atoms with Crippen LogP contribution in [0.1, 0.15) is 42.6 Å². The van der Waals surface area contributed by atoms with E-state index in [-0.39, 0.29) is 11.7 Å². The third-order valence-corrected chi connectivity index (χ3v) is 5.65. The Balaban J connectivity index is 1.41. The normalized spacial score (nSPS) is 15.0. The number of imidazole rings is 1. The molecule has 2 heterocycles. The van der Waals surface area contributed by atoms with E-state index in [1.54, 1.807) is 11.5 Å². The molecule has 0 radical (unpaired) electrons. The molecule has 150 valence electrons. The topological polar surface area (TPSA) is 81.3 Å². The minimum absolute atomic E-state index is 0.118. The van der Waals surface area contributed by atoms with E-state index in [2.05, 4.69) is 36.2 Å². The summed E-state index contributed by atoms with van der Waals surface area (Å²) >= 11 is 0. The lowest BCUT2D eigenvalue weighted by molar-refractivity contribution is -0.389. The molecule has 0 unspecified atom stereocenters. The summed E-state index contributed by atoms with van der Waals surface area (Å²) in [6.07, 6.45) is 6.11. The first-order valence-corrected chi connectivity index (χ1v) is 9.94. The van der Waals surface area contributed by atoms with Gasteiger partial charge in [-0.25, -0.2) is 0 Å². The van der Waals surface area contributed by atoms with E-state index in [1.165, 1.54) is 23.7 Å². The van der Waals surface area contributed by atoms with Gasteiger partial charge in [0, 0.05) is 33.0 Å². The molecular weight excluding hydrogens is 356 g/mol. The van der Waals surface area contributed by atoms with Crippen LogP contribution in [0.25, 0.3) is 0 Å². The zero-order valence-corrected chi connectivity index (χ0v) is 16.6. The maximum absolute atomic E-state index is 12.5. The van der Waals surface area contributed by atoms with Gasteiger partial charge in [0.2, 0.25) is 11.7 Å². The van der Waals surface area contributed by atoms with Crippen LogP contribution in [0.4, 0.5) is 5.82 Å². The van der Waals surface area contributed by atoms with E-state index in [0.717, 1.165) is 32.4 Å². The number of piperidine rings is 1. The summed E-state index contributed by atoms with van der Waals surface area (Å²) in [6.45, 7) is 5.86. The molecule has 2 aromatic rings. The number of carbonyl (C=O) groups is 1. The van der Waals surface area contributed by atoms with Crippen molar-refractivity contribution >= 4 is 11.7 Å². The number of nitrogens with zero attached hydrogens (tertiary/aromatic N) is 4. The standard InChI is InChI=1S/C21H28N4O3/c1-16-3-5-18(6-4-16)7-8-19-9-12-23(13-10-19)21(26)11-14-24-15-20(25(27)28)22-17(24)2/h3-6,15,19H,7-14H2,1-2H3. The molecule has 0 bridgehead atoms. The van der Waals surface area contributed by atoms with Gasteiger partial charge in [-0.15, -0.1) is 0 Å². The molecule has 28 heavy (non-hydrogen) atoms. The number of amides is 1. The van der Waals surface area contributed by atoms with Crippen molar-refractivity contribution in [3.8, 4) is 0 Å². The fraction of sp³-hybridized carbons (Fsp3) is 0.524. The van der Waals surface area contributed by atoms with Gasteiger partial charge >= 0.3 is 5.82 Å². The monoisotopic (exact) mass is 384 g/mol. The summed E-state index contributed by atoms with van der Waals surface area (Å²) in [6, 6.07) is 8.73. The van der Waals surface area contributed by atoms with Gasteiger partial charge in [0.15, 0.2) is 0 Å². The number of benzene rings is 1. The predicted molar refractivity (Wildman–Crippen MR) is 107 cm³/mol. The molecule has 1 aliphatic rings. The second kappa shape index (κ2) is 8.99. The van der Waals surface area contributed by atoms with E-state index in [4.69, 9.17) is 0 Å². The number of carbonyl (C=O) groups excluding carboxylic acids is 1. The molecule has 0 aliphatic carbocycles. The molecule has 0 atom stereocenters. The molecule has 1 fully saturated rings. The average Bonchev–Trinajstić information content (AvgIpc) is 3.07. The lowest BCUT2D eigenvalue weighted by Crippen LogP contribution is -2.38. The maximum atomic E-state index is 12.5. The summed E-state index contributed by atoms with van der Waals surface area (Å²) in [5.74, 6) is 1.19. The van der Waals surface area contributed by atoms with Gasteiger partial charge in [-0.2, -0.15) is 0 Å². The highest BCUT2D eigenvalue weighted by molar-refractivity contribution is 5.76. The van der Waals surface area contributed by atoms with Gasteiger partial charge in [0.1, 0.15) is 6.20 Å².